The molecule has 0 radical (unpaired) electrons. The molecule has 2 aromatic carbocycles. The monoisotopic (exact) mass is 655 g/mol. The normalized spacial score (nSPS) is 15.2. The van der Waals surface area contributed by atoms with Gasteiger partial charge in [-0.15, -0.1) is 6.42 Å². The van der Waals surface area contributed by atoms with Crippen molar-refractivity contribution in [2.75, 3.05) is 65.1 Å². The highest BCUT2D eigenvalue weighted by Crippen LogP contribution is 2.34. The molecule has 0 atom stereocenters. The number of halogens is 3. The molecule has 3 amide bonds. The number of aryl methyl sites for hydroxylation is 1. The van der Waals surface area contributed by atoms with Crippen molar-refractivity contribution in [3.05, 3.63) is 89.2 Å². The van der Waals surface area contributed by atoms with E-state index in [1.165, 1.54) is 21.9 Å². The van der Waals surface area contributed by atoms with Gasteiger partial charge in [0, 0.05) is 56.2 Å². The van der Waals surface area contributed by atoms with Crippen molar-refractivity contribution in [1.82, 2.24) is 19.9 Å². The van der Waals surface area contributed by atoms with Crippen molar-refractivity contribution in [1.29, 1.82) is 0 Å². The van der Waals surface area contributed by atoms with E-state index in [1.807, 2.05) is 19.1 Å². The molecule has 246 valence electrons. The predicted octanol–water partition coefficient (Wildman–Crippen LogP) is 5.53. The molecule has 0 spiro atoms. The van der Waals surface area contributed by atoms with Gasteiger partial charge in [0.1, 0.15) is 11.6 Å². The average molecular weight is 656 g/mol. The maximum atomic E-state index is 13.6. The molecule has 0 unspecified atom stereocenters. The Kier molecular flexibility index (Phi) is 8.88. The summed E-state index contributed by atoms with van der Waals surface area (Å²) in [5.41, 5.74) is 1.91. The number of fused-ring (bicyclic) bond motifs is 1. The summed E-state index contributed by atoms with van der Waals surface area (Å²) in [6.07, 6.45) is 4.21. The van der Waals surface area contributed by atoms with Gasteiger partial charge in [-0.25, -0.2) is 14.8 Å². The standard InChI is InChI=1S/C34H32F3N9O2/c1-4-12-44-13-15-45(16-14-44)29-11-10-27(20-38-29)41-32-39-19-24-21-46(33(48)43(3)30(24)42-32)28-18-26(9-8-22(28)2)40-31(47)23-6-5-7-25(17-23)34(35,36)37/h1,5-11,17-20H,12-16,21H2,2-3H3,(H,40,47)(H,39,41,42). The van der Waals surface area contributed by atoms with Crippen molar-refractivity contribution >= 4 is 46.6 Å². The van der Waals surface area contributed by atoms with Gasteiger partial charge in [-0.1, -0.05) is 18.1 Å². The van der Waals surface area contributed by atoms with Crippen LogP contribution in [0.1, 0.15) is 27.0 Å². The Morgan fingerprint density at radius 2 is 1.77 bits per heavy atom. The lowest BCUT2D eigenvalue weighted by Crippen LogP contribution is -2.46. The van der Waals surface area contributed by atoms with Crippen molar-refractivity contribution < 1.29 is 22.8 Å². The lowest BCUT2D eigenvalue weighted by molar-refractivity contribution is -0.137. The zero-order chi connectivity index (χ0) is 34.0. The summed E-state index contributed by atoms with van der Waals surface area (Å²) in [7, 11) is 1.61. The summed E-state index contributed by atoms with van der Waals surface area (Å²) in [5, 5.41) is 5.80. The average Bonchev–Trinajstić information content (AvgIpc) is 3.08. The Labute approximate surface area is 275 Å². The van der Waals surface area contributed by atoms with Crippen LogP contribution < -0.4 is 25.3 Å². The molecule has 1 fully saturated rings. The number of carbonyl (C=O) groups is 2. The van der Waals surface area contributed by atoms with Crippen LogP contribution in [-0.4, -0.2) is 71.6 Å². The second kappa shape index (κ2) is 13.2. The summed E-state index contributed by atoms with van der Waals surface area (Å²) in [6.45, 7) is 6.06. The molecular formula is C34H32F3N9O2. The first kappa shape index (κ1) is 32.3. The smallest absolute Gasteiger partial charge is 0.354 e. The molecule has 4 heterocycles. The van der Waals surface area contributed by atoms with Gasteiger partial charge >= 0.3 is 12.2 Å². The number of benzene rings is 2. The van der Waals surface area contributed by atoms with Crippen molar-refractivity contribution in [3.63, 3.8) is 0 Å². The van der Waals surface area contributed by atoms with Crippen LogP contribution in [0.25, 0.3) is 0 Å². The maximum Gasteiger partial charge on any atom is 0.416 e. The van der Waals surface area contributed by atoms with E-state index < -0.39 is 17.6 Å². The minimum Gasteiger partial charge on any atom is -0.354 e. The second-order valence-corrected chi connectivity index (χ2v) is 11.5. The number of hydrogen-bond acceptors (Lipinski definition) is 8. The molecule has 11 nitrogen and oxygen atoms in total. The second-order valence-electron chi connectivity index (χ2n) is 11.5. The summed E-state index contributed by atoms with van der Waals surface area (Å²) in [4.78, 5) is 47.5. The summed E-state index contributed by atoms with van der Waals surface area (Å²) < 4.78 is 39.5. The van der Waals surface area contributed by atoms with Crippen LogP contribution in [0, 0.1) is 19.3 Å². The van der Waals surface area contributed by atoms with Crippen molar-refractivity contribution in [2.24, 2.45) is 0 Å². The van der Waals surface area contributed by atoms with Gasteiger partial charge < -0.3 is 15.5 Å². The highest BCUT2D eigenvalue weighted by Gasteiger charge is 2.33. The Hall–Kier alpha value is -5.68. The largest absolute Gasteiger partial charge is 0.416 e. The number of pyridine rings is 1. The molecule has 0 bridgehead atoms. The molecule has 6 rings (SSSR count). The van der Waals surface area contributed by atoms with Gasteiger partial charge in [0.05, 0.1) is 36.2 Å². The first-order chi connectivity index (χ1) is 23.0. The van der Waals surface area contributed by atoms with Gasteiger partial charge in [0.25, 0.3) is 5.91 Å². The van der Waals surface area contributed by atoms with Gasteiger partial charge in [-0.2, -0.15) is 18.2 Å². The van der Waals surface area contributed by atoms with Gasteiger partial charge in [0.15, 0.2) is 0 Å². The fourth-order valence-electron chi connectivity index (χ4n) is 5.62. The molecule has 2 N–H and O–H groups in total. The molecule has 48 heavy (non-hydrogen) atoms. The predicted molar refractivity (Wildman–Crippen MR) is 178 cm³/mol. The van der Waals surface area contributed by atoms with E-state index in [1.54, 1.807) is 37.6 Å². The molecule has 2 aromatic heterocycles. The highest BCUT2D eigenvalue weighted by atomic mass is 19.4. The topological polar surface area (TPSA) is 110 Å². The van der Waals surface area contributed by atoms with E-state index in [0.717, 1.165) is 49.7 Å². The lowest BCUT2D eigenvalue weighted by Gasteiger charge is -2.35. The van der Waals surface area contributed by atoms with E-state index in [-0.39, 0.29) is 18.1 Å². The Bertz CT molecular complexity index is 1880. The SMILES string of the molecule is C#CCN1CCN(c2ccc(Nc3ncc4c(n3)N(C)C(=O)N(c3cc(NC(=O)c5cccc(C(F)(F)F)c5)ccc3C)C4)cn2)CC1. The van der Waals surface area contributed by atoms with Crippen LogP contribution in [0.3, 0.4) is 0 Å². The van der Waals surface area contributed by atoms with Crippen LogP contribution in [0.2, 0.25) is 0 Å². The van der Waals surface area contributed by atoms with Crippen LogP contribution in [0.5, 0.6) is 0 Å². The minimum atomic E-state index is -4.58. The fourth-order valence-corrected chi connectivity index (χ4v) is 5.62. The van der Waals surface area contributed by atoms with Gasteiger partial charge in [-0.3, -0.25) is 19.5 Å². The number of rotatable bonds is 7. The third-order valence-electron chi connectivity index (χ3n) is 8.23. The molecule has 4 aromatic rings. The number of amides is 3. The fraction of sp³-hybridized carbons (Fsp3) is 0.265. The number of anilines is 6. The Balaban J connectivity index is 1.14. The molecule has 0 aliphatic carbocycles. The van der Waals surface area contributed by atoms with E-state index in [9.17, 15) is 22.8 Å². The zero-order valence-corrected chi connectivity index (χ0v) is 26.3. The Morgan fingerprint density at radius 3 is 2.48 bits per heavy atom. The molecule has 2 aliphatic rings. The summed E-state index contributed by atoms with van der Waals surface area (Å²) in [6, 6.07) is 12.6. The zero-order valence-electron chi connectivity index (χ0n) is 26.3. The quantitative estimate of drug-likeness (QED) is 0.251. The van der Waals surface area contributed by atoms with E-state index in [2.05, 4.69) is 41.3 Å². The minimum absolute atomic E-state index is 0.141. The number of carbonyl (C=O) groups excluding carboxylic acids is 2. The number of terminal acetylenes is 1. The van der Waals surface area contributed by atoms with Gasteiger partial charge in [0.2, 0.25) is 5.95 Å². The first-order valence-corrected chi connectivity index (χ1v) is 15.1. The van der Waals surface area contributed by atoms with Crippen LogP contribution in [-0.2, 0) is 12.7 Å². The highest BCUT2D eigenvalue weighted by molar-refractivity contribution is 6.07. The number of alkyl halides is 3. The van der Waals surface area contributed by atoms with Crippen LogP contribution >= 0.6 is 0 Å². The number of nitrogens with zero attached hydrogens (tertiary/aromatic N) is 7. The third kappa shape index (κ3) is 6.86. The van der Waals surface area contributed by atoms with Crippen LogP contribution in [0.4, 0.5) is 52.6 Å². The molecule has 0 saturated carbocycles. The molecule has 14 heteroatoms. The number of hydrogen-bond donors (Lipinski definition) is 2. The van der Waals surface area contributed by atoms with Gasteiger partial charge in [-0.05, 0) is 55.0 Å². The number of nitrogens with one attached hydrogen (secondary N) is 2. The van der Waals surface area contributed by atoms with Crippen molar-refractivity contribution in [2.45, 2.75) is 19.6 Å². The molecule has 2 aliphatic heterocycles. The summed E-state index contributed by atoms with van der Waals surface area (Å²) in [5.74, 6) is 3.59. The Morgan fingerprint density at radius 1 is 1.00 bits per heavy atom. The number of urea groups is 1. The number of piperazine rings is 1. The van der Waals surface area contributed by atoms with Crippen molar-refractivity contribution in [3.8, 4) is 12.3 Å². The molecule has 1 saturated heterocycles. The van der Waals surface area contributed by atoms with E-state index in [0.29, 0.717) is 40.9 Å². The molecular weight excluding hydrogens is 623 g/mol. The van der Waals surface area contributed by atoms with Crippen LogP contribution in [0.15, 0.2) is 67.0 Å². The first-order valence-electron chi connectivity index (χ1n) is 15.1. The van der Waals surface area contributed by atoms with E-state index in [4.69, 9.17) is 6.42 Å². The lowest BCUT2D eigenvalue weighted by atomic mass is 10.1. The van der Waals surface area contributed by atoms with E-state index >= 15 is 0 Å². The maximum absolute atomic E-state index is 13.6. The number of aromatic nitrogens is 3. The summed E-state index contributed by atoms with van der Waals surface area (Å²) >= 11 is 0. The third-order valence-corrected chi connectivity index (χ3v) is 8.23.